The van der Waals surface area contributed by atoms with Crippen LogP contribution in [-0.4, -0.2) is 28.8 Å². The van der Waals surface area contributed by atoms with E-state index >= 15 is 0 Å². The highest BCUT2D eigenvalue weighted by Gasteiger charge is 2.20. The van der Waals surface area contributed by atoms with E-state index in [1.807, 2.05) is 60.7 Å². The number of carbonyl (C=O) groups excluding carboxylic acids is 2. The number of nitrogens with zero attached hydrogens (tertiary/aromatic N) is 2. The molecule has 27 heavy (non-hydrogen) atoms. The molecule has 0 saturated heterocycles. The van der Waals surface area contributed by atoms with E-state index in [1.165, 1.54) is 13.3 Å². The van der Waals surface area contributed by atoms with Gasteiger partial charge in [-0.3, -0.25) is 14.3 Å². The predicted octanol–water partition coefficient (Wildman–Crippen LogP) is 2.97. The highest BCUT2D eigenvalue weighted by Crippen LogP contribution is 2.18. The molecule has 138 valence electrons. The Morgan fingerprint density at radius 2 is 1.74 bits per heavy atom. The number of esters is 1. The zero-order valence-corrected chi connectivity index (χ0v) is 15.0. The van der Waals surface area contributed by atoms with Crippen LogP contribution in [0, 0.1) is 0 Å². The molecule has 0 spiro atoms. The maximum absolute atomic E-state index is 12.6. The van der Waals surface area contributed by atoms with Crippen molar-refractivity contribution in [2.75, 3.05) is 7.11 Å². The van der Waals surface area contributed by atoms with E-state index in [4.69, 9.17) is 4.74 Å². The third-order valence-electron chi connectivity index (χ3n) is 4.19. The molecule has 0 radical (unpaired) electrons. The first-order valence-electron chi connectivity index (χ1n) is 8.64. The summed E-state index contributed by atoms with van der Waals surface area (Å²) in [7, 11) is 1.33. The molecular formula is C21H21N3O3. The lowest BCUT2D eigenvalue weighted by Crippen LogP contribution is -2.30. The lowest BCUT2D eigenvalue weighted by molar-refractivity contribution is -0.141. The van der Waals surface area contributed by atoms with Gasteiger partial charge in [0, 0.05) is 6.20 Å². The molecule has 1 heterocycles. The Bertz CT molecular complexity index is 891. The van der Waals surface area contributed by atoms with Gasteiger partial charge in [-0.1, -0.05) is 60.7 Å². The molecule has 0 aliphatic carbocycles. The largest absolute Gasteiger partial charge is 0.469 e. The molecule has 0 bridgehead atoms. The second-order valence-corrected chi connectivity index (χ2v) is 6.13. The molecule has 1 amide bonds. The monoisotopic (exact) mass is 363 g/mol. The molecule has 1 N–H and O–H groups in total. The zero-order chi connectivity index (χ0) is 19.1. The van der Waals surface area contributed by atoms with Crippen molar-refractivity contribution in [1.82, 2.24) is 15.1 Å². The minimum atomic E-state index is -0.469. The van der Waals surface area contributed by atoms with Gasteiger partial charge in [-0.2, -0.15) is 5.10 Å². The summed E-state index contributed by atoms with van der Waals surface area (Å²) in [5.41, 5.74) is 2.38. The second-order valence-electron chi connectivity index (χ2n) is 6.13. The van der Waals surface area contributed by atoms with Crippen molar-refractivity contribution in [3.8, 4) is 0 Å². The molecule has 3 aromatic rings. The van der Waals surface area contributed by atoms with Crippen LogP contribution in [0.4, 0.5) is 0 Å². The van der Waals surface area contributed by atoms with Crippen LogP contribution in [0.2, 0.25) is 0 Å². The molecule has 1 aromatic heterocycles. The van der Waals surface area contributed by atoms with Gasteiger partial charge in [0.25, 0.3) is 5.91 Å². The van der Waals surface area contributed by atoms with E-state index in [9.17, 15) is 9.59 Å². The molecule has 6 heteroatoms. The van der Waals surface area contributed by atoms with Crippen molar-refractivity contribution in [2.45, 2.75) is 19.0 Å². The summed E-state index contributed by atoms with van der Waals surface area (Å²) in [5, 5.41) is 7.15. The fraction of sp³-hybridized carbons (Fsp3) is 0.190. The Morgan fingerprint density at radius 3 is 2.41 bits per heavy atom. The Labute approximate surface area is 157 Å². The van der Waals surface area contributed by atoms with Crippen molar-refractivity contribution in [3.63, 3.8) is 0 Å². The Kier molecular flexibility index (Phi) is 5.99. The summed E-state index contributed by atoms with van der Waals surface area (Å²) >= 11 is 0. The SMILES string of the molecule is COC(=O)CC(NC(=O)c1cnn(Cc2ccccc2)c1)c1ccccc1. The average molecular weight is 363 g/mol. The van der Waals surface area contributed by atoms with Gasteiger partial charge in [-0.25, -0.2) is 0 Å². The number of methoxy groups -OCH3 is 1. The number of hydrogen-bond acceptors (Lipinski definition) is 4. The van der Waals surface area contributed by atoms with Crippen LogP contribution in [-0.2, 0) is 16.1 Å². The highest BCUT2D eigenvalue weighted by atomic mass is 16.5. The molecule has 2 aromatic carbocycles. The van der Waals surface area contributed by atoms with E-state index in [2.05, 4.69) is 10.4 Å². The number of carbonyl (C=O) groups is 2. The van der Waals surface area contributed by atoms with Crippen LogP contribution in [0.3, 0.4) is 0 Å². The minimum Gasteiger partial charge on any atom is -0.469 e. The summed E-state index contributed by atoms with van der Waals surface area (Å²) in [4.78, 5) is 24.4. The second kappa shape index (κ2) is 8.80. The minimum absolute atomic E-state index is 0.0599. The third kappa shape index (κ3) is 5.04. The molecule has 0 saturated carbocycles. The summed E-state index contributed by atoms with van der Waals surface area (Å²) in [6.07, 6.45) is 3.28. The number of nitrogens with one attached hydrogen (secondary N) is 1. The predicted molar refractivity (Wildman–Crippen MR) is 101 cm³/mol. The summed E-state index contributed by atoms with van der Waals surface area (Å²) in [5.74, 6) is -0.670. The molecule has 0 aliphatic heterocycles. The van der Waals surface area contributed by atoms with Gasteiger partial charge in [-0.05, 0) is 11.1 Å². The van der Waals surface area contributed by atoms with Gasteiger partial charge in [0.05, 0.1) is 37.9 Å². The fourth-order valence-electron chi connectivity index (χ4n) is 2.77. The van der Waals surface area contributed by atoms with Crippen molar-refractivity contribution < 1.29 is 14.3 Å². The quantitative estimate of drug-likeness (QED) is 0.655. The maximum atomic E-state index is 12.6. The third-order valence-corrected chi connectivity index (χ3v) is 4.19. The molecular weight excluding hydrogens is 342 g/mol. The van der Waals surface area contributed by atoms with E-state index < -0.39 is 6.04 Å². The lowest BCUT2D eigenvalue weighted by Gasteiger charge is -2.17. The van der Waals surface area contributed by atoms with Crippen LogP contribution in [0.1, 0.15) is 33.9 Å². The van der Waals surface area contributed by atoms with Gasteiger partial charge >= 0.3 is 5.97 Å². The molecule has 0 aliphatic rings. The number of amides is 1. The number of hydrogen-bond donors (Lipinski definition) is 1. The number of aromatic nitrogens is 2. The van der Waals surface area contributed by atoms with Crippen LogP contribution < -0.4 is 5.32 Å². The van der Waals surface area contributed by atoms with Crippen LogP contribution in [0.25, 0.3) is 0 Å². The Balaban J connectivity index is 1.71. The zero-order valence-electron chi connectivity index (χ0n) is 15.0. The molecule has 3 rings (SSSR count). The number of benzene rings is 2. The molecule has 0 fully saturated rings. The highest BCUT2D eigenvalue weighted by molar-refractivity contribution is 5.94. The van der Waals surface area contributed by atoms with E-state index in [0.29, 0.717) is 12.1 Å². The molecule has 1 atom stereocenters. The van der Waals surface area contributed by atoms with Crippen LogP contribution in [0.15, 0.2) is 73.1 Å². The molecule has 6 nitrogen and oxygen atoms in total. The van der Waals surface area contributed by atoms with Crippen LogP contribution >= 0.6 is 0 Å². The van der Waals surface area contributed by atoms with Gasteiger partial charge < -0.3 is 10.1 Å². The topological polar surface area (TPSA) is 73.2 Å². The number of ether oxygens (including phenoxy) is 1. The normalized spacial score (nSPS) is 11.6. The first-order valence-corrected chi connectivity index (χ1v) is 8.64. The van der Waals surface area contributed by atoms with Crippen LogP contribution in [0.5, 0.6) is 0 Å². The van der Waals surface area contributed by atoms with Gasteiger partial charge in [0.2, 0.25) is 0 Å². The maximum Gasteiger partial charge on any atom is 0.307 e. The number of rotatable bonds is 7. The van der Waals surface area contributed by atoms with E-state index in [-0.39, 0.29) is 18.3 Å². The van der Waals surface area contributed by atoms with Crippen molar-refractivity contribution >= 4 is 11.9 Å². The lowest BCUT2D eigenvalue weighted by atomic mass is 10.0. The van der Waals surface area contributed by atoms with E-state index in [1.54, 1.807) is 10.9 Å². The fourth-order valence-corrected chi connectivity index (χ4v) is 2.77. The first-order chi connectivity index (χ1) is 13.2. The average Bonchev–Trinajstić information content (AvgIpc) is 3.17. The molecule has 1 unspecified atom stereocenters. The van der Waals surface area contributed by atoms with Crippen molar-refractivity contribution in [3.05, 3.63) is 89.7 Å². The van der Waals surface area contributed by atoms with Gasteiger partial charge in [-0.15, -0.1) is 0 Å². The van der Waals surface area contributed by atoms with Crippen molar-refractivity contribution in [1.29, 1.82) is 0 Å². The Morgan fingerprint density at radius 1 is 1.07 bits per heavy atom. The first kappa shape index (κ1) is 18.4. The smallest absolute Gasteiger partial charge is 0.307 e. The Hall–Kier alpha value is -3.41. The van der Waals surface area contributed by atoms with Gasteiger partial charge in [0.15, 0.2) is 0 Å². The summed E-state index contributed by atoms with van der Waals surface area (Å²) in [6, 6.07) is 18.8. The van der Waals surface area contributed by atoms with Crippen molar-refractivity contribution in [2.24, 2.45) is 0 Å². The summed E-state index contributed by atoms with van der Waals surface area (Å²) in [6.45, 7) is 0.582. The van der Waals surface area contributed by atoms with Gasteiger partial charge in [0.1, 0.15) is 0 Å². The standard InChI is InChI=1S/C21H21N3O3/c1-27-20(25)12-19(17-10-6-3-7-11-17)23-21(26)18-13-22-24(15-18)14-16-8-4-2-5-9-16/h2-11,13,15,19H,12,14H2,1H3,(H,23,26). The van der Waals surface area contributed by atoms with E-state index in [0.717, 1.165) is 11.1 Å². The summed E-state index contributed by atoms with van der Waals surface area (Å²) < 4.78 is 6.46.